The van der Waals surface area contributed by atoms with Crippen molar-refractivity contribution in [3.63, 3.8) is 0 Å². The zero-order chi connectivity index (χ0) is 11.1. The summed E-state index contributed by atoms with van der Waals surface area (Å²) >= 11 is 0. The van der Waals surface area contributed by atoms with Crippen LogP contribution < -0.4 is 0 Å². The Hall–Kier alpha value is -0.0800. The lowest BCUT2D eigenvalue weighted by atomic mass is 9.97. The molecule has 14 heavy (non-hydrogen) atoms. The molecule has 2 unspecified atom stereocenters. The minimum atomic E-state index is -0.531. The van der Waals surface area contributed by atoms with Crippen LogP contribution in [-0.4, -0.2) is 22.4 Å². The Morgan fingerprint density at radius 3 is 1.14 bits per heavy atom. The summed E-state index contributed by atoms with van der Waals surface area (Å²) in [5, 5.41) is 19.3. The van der Waals surface area contributed by atoms with E-state index in [0.29, 0.717) is 11.8 Å². The lowest BCUT2D eigenvalue weighted by Crippen LogP contribution is -2.26. The van der Waals surface area contributed by atoms with Crippen molar-refractivity contribution in [2.75, 3.05) is 0 Å². The van der Waals surface area contributed by atoms with Gasteiger partial charge in [0, 0.05) is 0 Å². The molecule has 0 aromatic carbocycles. The number of aliphatic hydroxyl groups excluding tert-OH is 2. The highest BCUT2D eigenvalue weighted by Gasteiger charge is 2.16. The van der Waals surface area contributed by atoms with Crippen LogP contribution in [0.25, 0.3) is 0 Å². The summed E-state index contributed by atoms with van der Waals surface area (Å²) in [7, 11) is 0. The molecule has 2 N–H and O–H groups in total. The normalized spacial score (nSPS) is 16.3. The van der Waals surface area contributed by atoms with E-state index in [4.69, 9.17) is 0 Å². The van der Waals surface area contributed by atoms with Gasteiger partial charge in [-0.25, -0.2) is 0 Å². The minimum absolute atomic E-state index is 0.531. The van der Waals surface area contributed by atoms with Crippen molar-refractivity contribution in [1.29, 1.82) is 0 Å². The SMILES string of the molecule is CC(C)CCC(O)C(O)CCC(C)C. The molecule has 0 radical (unpaired) electrons. The smallest absolute Gasteiger partial charge is 0.0799 e. The van der Waals surface area contributed by atoms with E-state index in [1.807, 2.05) is 0 Å². The summed E-state index contributed by atoms with van der Waals surface area (Å²) in [5.41, 5.74) is 0. The first kappa shape index (κ1) is 13.9. The second-order valence-electron chi connectivity index (χ2n) is 5.08. The molecule has 2 nitrogen and oxygen atoms in total. The van der Waals surface area contributed by atoms with E-state index < -0.39 is 12.2 Å². The molecule has 0 amide bonds. The van der Waals surface area contributed by atoms with Crippen molar-refractivity contribution >= 4 is 0 Å². The van der Waals surface area contributed by atoms with E-state index in [1.54, 1.807) is 0 Å². The molecule has 0 saturated carbocycles. The van der Waals surface area contributed by atoms with Gasteiger partial charge in [-0.05, 0) is 37.5 Å². The fourth-order valence-corrected chi connectivity index (χ4v) is 1.39. The van der Waals surface area contributed by atoms with Gasteiger partial charge < -0.3 is 10.2 Å². The van der Waals surface area contributed by atoms with Crippen molar-refractivity contribution in [3.8, 4) is 0 Å². The molecule has 0 rings (SSSR count). The monoisotopic (exact) mass is 202 g/mol. The van der Waals surface area contributed by atoms with Gasteiger partial charge in [-0.1, -0.05) is 27.7 Å². The van der Waals surface area contributed by atoms with Crippen LogP contribution in [0.15, 0.2) is 0 Å². The van der Waals surface area contributed by atoms with Crippen LogP contribution >= 0.6 is 0 Å². The molecule has 2 atom stereocenters. The number of rotatable bonds is 7. The first-order valence-corrected chi connectivity index (χ1v) is 5.79. The van der Waals surface area contributed by atoms with Crippen LogP contribution in [0.4, 0.5) is 0 Å². The molecule has 2 heteroatoms. The van der Waals surface area contributed by atoms with Gasteiger partial charge in [0.1, 0.15) is 0 Å². The molecule has 0 bridgehead atoms. The summed E-state index contributed by atoms with van der Waals surface area (Å²) < 4.78 is 0. The van der Waals surface area contributed by atoms with E-state index in [1.165, 1.54) is 0 Å². The van der Waals surface area contributed by atoms with Gasteiger partial charge in [-0.2, -0.15) is 0 Å². The molecule has 86 valence electrons. The lowest BCUT2D eigenvalue weighted by Gasteiger charge is -2.19. The zero-order valence-corrected chi connectivity index (χ0v) is 10.0. The molecule has 0 fully saturated rings. The molecule has 0 aromatic heterocycles. The van der Waals surface area contributed by atoms with Gasteiger partial charge in [0.05, 0.1) is 12.2 Å². The Balaban J connectivity index is 3.59. The summed E-state index contributed by atoms with van der Waals surface area (Å²) in [6, 6.07) is 0. The van der Waals surface area contributed by atoms with E-state index in [9.17, 15) is 10.2 Å². The van der Waals surface area contributed by atoms with Crippen LogP contribution in [0.1, 0.15) is 53.4 Å². The Kier molecular flexibility index (Phi) is 7.20. The summed E-state index contributed by atoms with van der Waals surface area (Å²) in [6.07, 6.45) is 2.35. The van der Waals surface area contributed by atoms with Crippen molar-refractivity contribution in [1.82, 2.24) is 0 Å². The third kappa shape index (κ3) is 7.34. The van der Waals surface area contributed by atoms with E-state index >= 15 is 0 Å². The fourth-order valence-electron chi connectivity index (χ4n) is 1.39. The number of aliphatic hydroxyl groups is 2. The molecule has 0 aliphatic heterocycles. The van der Waals surface area contributed by atoms with Crippen molar-refractivity contribution in [2.24, 2.45) is 11.8 Å². The topological polar surface area (TPSA) is 40.5 Å². The highest BCUT2D eigenvalue weighted by Crippen LogP contribution is 2.14. The predicted octanol–water partition coefficient (Wildman–Crippen LogP) is 2.58. The Bertz CT molecular complexity index is 116. The maximum Gasteiger partial charge on any atom is 0.0799 e. The largest absolute Gasteiger partial charge is 0.390 e. The second-order valence-corrected chi connectivity index (χ2v) is 5.08. The van der Waals surface area contributed by atoms with Crippen LogP contribution in [0.2, 0.25) is 0 Å². The predicted molar refractivity (Wildman–Crippen MR) is 60.2 cm³/mol. The second kappa shape index (κ2) is 7.24. The highest BCUT2D eigenvalue weighted by molar-refractivity contribution is 4.68. The highest BCUT2D eigenvalue weighted by atomic mass is 16.3. The standard InChI is InChI=1S/C12H26O2/c1-9(2)5-7-11(13)12(14)8-6-10(3)4/h9-14H,5-8H2,1-4H3. The molecule has 0 aliphatic carbocycles. The molecule has 0 heterocycles. The van der Waals surface area contributed by atoms with Crippen LogP contribution in [-0.2, 0) is 0 Å². The Morgan fingerprint density at radius 1 is 0.643 bits per heavy atom. The van der Waals surface area contributed by atoms with Crippen molar-refractivity contribution in [3.05, 3.63) is 0 Å². The van der Waals surface area contributed by atoms with Crippen LogP contribution in [0.5, 0.6) is 0 Å². The summed E-state index contributed by atoms with van der Waals surface area (Å²) in [6.45, 7) is 8.53. The lowest BCUT2D eigenvalue weighted by molar-refractivity contribution is 0.00442. The van der Waals surface area contributed by atoms with E-state index in [2.05, 4.69) is 27.7 Å². The molecular weight excluding hydrogens is 176 g/mol. The maximum atomic E-state index is 9.63. The first-order chi connectivity index (χ1) is 6.43. The minimum Gasteiger partial charge on any atom is -0.390 e. The van der Waals surface area contributed by atoms with Gasteiger partial charge >= 0.3 is 0 Å². The summed E-state index contributed by atoms with van der Waals surface area (Å²) in [4.78, 5) is 0. The van der Waals surface area contributed by atoms with E-state index in [-0.39, 0.29) is 0 Å². The van der Waals surface area contributed by atoms with Crippen LogP contribution in [0, 0.1) is 11.8 Å². The quantitative estimate of drug-likeness (QED) is 0.666. The van der Waals surface area contributed by atoms with Gasteiger partial charge in [-0.3, -0.25) is 0 Å². The molecular formula is C12H26O2. The fraction of sp³-hybridized carbons (Fsp3) is 1.00. The third-order valence-electron chi connectivity index (χ3n) is 2.52. The van der Waals surface area contributed by atoms with Gasteiger partial charge in [0.15, 0.2) is 0 Å². The van der Waals surface area contributed by atoms with Gasteiger partial charge in [0.25, 0.3) is 0 Å². The average molecular weight is 202 g/mol. The van der Waals surface area contributed by atoms with Crippen LogP contribution in [0.3, 0.4) is 0 Å². The summed E-state index contributed by atoms with van der Waals surface area (Å²) in [5.74, 6) is 1.20. The number of hydrogen-bond donors (Lipinski definition) is 2. The molecule has 0 aliphatic rings. The van der Waals surface area contributed by atoms with Crippen molar-refractivity contribution in [2.45, 2.75) is 65.6 Å². The third-order valence-corrected chi connectivity index (χ3v) is 2.52. The molecule has 0 saturated heterocycles. The first-order valence-electron chi connectivity index (χ1n) is 5.79. The molecule has 0 spiro atoms. The zero-order valence-electron chi connectivity index (χ0n) is 10.0. The Morgan fingerprint density at radius 2 is 0.929 bits per heavy atom. The van der Waals surface area contributed by atoms with Gasteiger partial charge in [0.2, 0.25) is 0 Å². The maximum absolute atomic E-state index is 9.63. The van der Waals surface area contributed by atoms with E-state index in [0.717, 1.165) is 25.7 Å². The Labute approximate surface area is 88.3 Å². The molecule has 0 aromatic rings. The number of hydrogen-bond acceptors (Lipinski definition) is 2. The van der Waals surface area contributed by atoms with Crippen molar-refractivity contribution < 1.29 is 10.2 Å². The van der Waals surface area contributed by atoms with Gasteiger partial charge in [-0.15, -0.1) is 0 Å². The average Bonchev–Trinajstić information content (AvgIpc) is 2.09.